The highest BCUT2D eigenvalue weighted by molar-refractivity contribution is 5.95. The second-order valence-electron chi connectivity index (χ2n) is 2.35. The van der Waals surface area contributed by atoms with Crippen molar-refractivity contribution in [2.24, 2.45) is 0 Å². The number of hydrogen-bond acceptors (Lipinski definition) is 5. The van der Waals surface area contributed by atoms with E-state index in [0.29, 0.717) is 0 Å². The molecule has 6 nitrogen and oxygen atoms in total. The minimum atomic E-state index is -0.684. The number of Topliss-reactive ketones (excluding diaryl/α,β-unsaturated/α-hetero) is 1. The van der Waals surface area contributed by atoms with Gasteiger partial charge in [0.15, 0.2) is 5.76 Å². The lowest BCUT2D eigenvalue weighted by Gasteiger charge is -1.92. The first-order valence-corrected chi connectivity index (χ1v) is 3.57. The summed E-state index contributed by atoms with van der Waals surface area (Å²) in [5, 5.41) is 12.8. The molecule has 0 aliphatic heterocycles. The summed E-state index contributed by atoms with van der Waals surface area (Å²) in [6.07, 6.45) is 0. The number of likely N-dealkylation sites (N-methyl/N-ethyl adjacent to an activating group) is 1. The van der Waals surface area contributed by atoms with Crippen LogP contribution in [0.1, 0.15) is 10.6 Å². The Bertz CT molecular complexity index is 331. The summed E-state index contributed by atoms with van der Waals surface area (Å²) in [5.74, 6) is -0.726. The monoisotopic (exact) mass is 184 g/mol. The summed E-state index contributed by atoms with van der Waals surface area (Å²) < 4.78 is 4.67. The van der Waals surface area contributed by atoms with Gasteiger partial charge in [-0.3, -0.25) is 14.9 Å². The lowest BCUT2D eigenvalue weighted by molar-refractivity contribution is -0.402. The minimum absolute atomic E-state index is 0.000972. The van der Waals surface area contributed by atoms with Crippen LogP contribution in [0.15, 0.2) is 16.5 Å². The highest BCUT2D eigenvalue weighted by Crippen LogP contribution is 2.15. The van der Waals surface area contributed by atoms with Crippen LogP contribution in [0.4, 0.5) is 5.88 Å². The molecule has 0 amide bonds. The van der Waals surface area contributed by atoms with Crippen molar-refractivity contribution in [3.8, 4) is 0 Å². The summed E-state index contributed by atoms with van der Waals surface area (Å²) in [6.45, 7) is 0.102. The molecular formula is C7H8N2O4. The lowest BCUT2D eigenvalue weighted by Crippen LogP contribution is -2.17. The fraction of sp³-hybridized carbons (Fsp3) is 0.286. The van der Waals surface area contributed by atoms with E-state index in [9.17, 15) is 14.9 Å². The molecule has 0 atom stereocenters. The third kappa shape index (κ3) is 2.12. The first kappa shape index (κ1) is 9.40. The van der Waals surface area contributed by atoms with Crippen molar-refractivity contribution in [2.75, 3.05) is 13.6 Å². The van der Waals surface area contributed by atoms with Gasteiger partial charge in [-0.1, -0.05) is 0 Å². The highest BCUT2D eigenvalue weighted by atomic mass is 16.6. The average molecular weight is 184 g/mol. The minimum Gasteiger partial charge on any atom is -0.397 e. The Morgan fingerprint density at radius 2 is 2.38 bits per heavy atom. The van der Waals surface area contributed by atoms with Crippen molar-refractivity contribution in [1.29, 1.82) is 0 Å². The van der Waals surface area contributed by atoms with E-state index in [1.807, 2.05) is 0 Å². The largest absolute Gasteiger partial charge is 0.433 e. The summed E-state index contributed by atoms with van der Waals surface area (Å²) >= 11 is 0. The van der Waals surface area contributed by atoms with Crippen LogP contribution in [0.3, 0.4) is 0 Å². The second kappa shape index (κ2) is 3.81. The number of carbonyl (C=O) groups is 1. The molecule has 0 saturated heterocycles. The first-order chi connectivity index (χ1) is 6.15. The van der Waals surface area contributed by atoms with E-state index in [2.05, 4.69) is 9.73 Å². The van der Waals surface area contributed by atoms with Crippen molar-refractivity contribution in [2.45, 2.75) is 0 Å². The van der Waals surface area contributed by atoms with E-state index < -0.39 is 10.8 Å². The van der Waals surface area contributed by atoms with Crippen molar-refractivity contribution < 1.29 is 14.1 Å². The molecule has 0 spiro atoms. The molecule has 1 heterocycles. The molecule has 0 fully saturated rings. The fourth-order valence-corrected chi connectivity index (χ4v) is 0.823. The molecule has 0 aliphatic carbocycles. The number of hydrogen-bond donors (Lipinski definition) is 1. The van der Waals surface area contributed by atoms with Crippen LogP contribution in [0.25, 0.3) is 0 Å². The van der Waals surface area contributed by atoms with E-state index >= 15 is 0 Å². The summed E-state index contributed by atoms with van der Waals surface area (Å²) in [6, 6.07) is 2.45. The molecule has 13 heavy (non-hydrogen) atoms. The molecule has 1 rings (SSSR count). The molecule has 0 unspecified atom stereocenters. The molecule has 0 bridgehead atoms. The molecular weight excluding hydrogens is 176 g/mol. The van der Waals surface area contributed by atoms with Crippen molar-refractivity contribution >= 4 is 11.7 Å². The van der Waals surface area contributed by atoms with Crippen molar-refractivity contribution in [3.63, 3.8) is 0 Å². The number of rotatable bonds is 4. The SMILES string of the molecule is CNCC(=O)c1ccc([N+](=O)[O-])o1. The van der Waals surface area contributed by atoms with Gasteiger partial charge < -0.3 is 9.73 Å². The first-order valence-electron chi connectivity index (χ1n) is 3.57. The van der Waals surface area contributed by atoms with Gasteiger partial charge in [-0.25, -0.2) is 0 Å². The average Bonchev–Trinajstić information content (AvgIpc) is 2.52. The molecule has 1 aromatic heterocycles. The maximum absolute atomic E-state index is 11.1. The molecule has 1 aromatic rings. The van der Waals surface area contributed by atoms with Gasteiger partial charge in [0.05, 0.1) is 12.6 Å². The van der Waals surface area contributed by atoms with Gasteiger partial charge in [0.2, 0.25) is 5.78 Å². The predicted octanol–water partition coefficient (Wildman–Crippen LogP) is 0.590. The van der Waals surface area contributed by atoms with Gasteiger partial charge in [-0.15, -0.1) is 0 Å². The highest BCUT2D eigenvalue weighted by Gasteiger charge is 2.16. The standard InChI is InChI=1S/C7H8N2O4/c1-8-4-5(10)6-2-3-7(13-6)9(11)12/h2-3,8H,4H2,1H3. The summed E-state index contributed by atoms with van der Waals surface area (Å²) in [4.78, 5) is 20.6. The number of nitrogens with one attached hydrogen (secondary N) is 1. The van der Waals surface area contributed by atoms with E-state index in [0.717, 1.165) is 6.07 Å². The van der Waals surface area contributed by atoms with E-state index in [4.69, 9.17) is 0 Å². The number of nitro groups is 1. The Kier molecular flexibility index (Phi) is 2.76. The maximum Gasteiger partial charge on any atom is 0.433 e. The maximum atomic E-state index is 11.1. The smallest absolute Gasteiger partial charge is 0.397 e. The molecule has 6 heteroatoms. The van der Waals surface area contributed by atoms with Crippen molar-refractivity contribution in [1.82, 2.24) is 5.32 Å². The summed E-state index contributed by atoms with van der Waals surface area (Å²) in [5.41, 5.74) is 0. The normalized spacial score (nSPS) is 9.92. The Morgan fingerprint density at radius 1 is 1.69 bits per heavy atom. The van der Waals surface area contributed by atoms with Gasteiger partial charge in [-0.2, -0.15) is 0 Å². The van der Waals surface area contributed by atoms with Crippen LogP contribution < -0.4 is 5.32 Å². The van der Waals surface area contributed by atoms with E-state index in [-0.39, 0.29) is 18.1 Å². The zero-order chi connectivity index (χ0) is 9.84. The van der Waals surface area contributed by atoms with Gasteiger partial charge in [-0.05, 0) is 13.1 Å². The Labute approximate surface area is 73.7 Å². The third-order valence-corrected chi connectivity index (χ3v) is 1.38. The predicted molar refractivity (Wildman–Crippen MR) is 43.6 cm³/mol. The van der Waals surface area contributed by atoms with Crippen LogP contribution in [0.2, 0.25) is 0 Å². The number of carbonyl (C=O) groups excluding carboxylic acids is 1. The topological polar surface area (TPSA) is 85.4 Å². The zero-order valence-corrected chi connectivity index (χ0v) is 6.94. The van der Waals surface area contributed by atoms with E-state index in [1.54, 1.807) is 7.05 Å². The molecule has 0 aliphatic rings. The van der Waals surface area contributed by atoms with Crippen LogP contribution in [-0.2, 0) is 0 Å². The molecule has 0 aromatic carbocycles. The Morgan fingerprint density at radius 3 is 2.85 bits per heavy atom. The number of furan rings is 1. The zero-order valence-electron chi connectivity index (χ0n) is 6.94. The van der Waals surface area contributed by atoms with Gasteiger partial charge in [0.25, 0.3) is 0 Å². The molecule has 70 valence electrons. The quantitative estimate of drug-likeness (QED) is 0.420. The van der Waals surface area contributed by atoms with Crippen LogP contribution in [-0.4, -0.2) is 24.3 Å². The van der Waals surface area contributed by atoms with Gasteiger partial charge in [0.1, 0.15) is 4.92 Å². The second-order valence-corrected chi connectivity index (χ2v) is 2.35. The van der Waals surface area contributed by atoms with Crippen LogP contribution >= 0.6 is 0 Å². The molecule has 0 saturated carbocycles. The van der Waals surface area contributed by atoms with Gasteiger partial charge in [0, 0.05) is 0 Å². The fourth-order valence-electron chi connectivity index (χ4n) is 0.823. The molecule has 1 N–H and O–H groups in total. The Hall–Kier alpha value is -1.69. The molecule has 0 radical (unpaired) electrons. The third-order valence-electron chi connectivity index (χ3n) is 1.38. The van der Waals surface area contributed by atoms with Crippen LogP contribution in [0, 0.1) is 10.1 Å². The van der Waals surface area contributed by atoms with Gasteiger partial charge >= 0.3 is 5.88 Å². The van der Waals surface area contributed by atoms with Crippen LogP contribution in [0.5, 0.6) is 0 Å². The van der Waals surface area contributed by atoms with E-state index in [1.165, 1.54) is 6.07 Å². The summed E-state index contributed by atoms with van der Waals surface area (Å²) in [7, 11) is 1.61. The van der Waals surface area contributed by atoms with Crippen molar-refractivity contribution in [3.05, 3.63) is 28.0 Å². The Balaban J connectivity index is 2.79. The number of nitrogens with zero attached hydrogens (tertiary/aromatic N) is 1. The lowest BCUT2D eigenvalue weighted by atomic mass is 10.3. The number of ketones is 1.